The van der Waals surface area contributed by atoms with Crippen LogP contribution in [0.2, 0.25) is 0 Å². The molecule has 23 heavy (non-hydrogen) atoms. The van der Waals surface area contributed by atoms with Gasteiger partial charge < -0.3 is 9.38 Å². The van der Waals surface area contributed by atoms with E-state index in [0.29, 0.717) is 0 Å². The van der Waals surface area contributed by atoms with Gasteiger partial charge in [-0.3, -0.25) is 4.79 Å². The van der Waals surface area contributed by atoms with Crippen LogP contribution in [0.5, 0.6) is 0 Å². The maximum Gasteiger partial charge on any atom is 0.159 e. The first-order valence-corrected chi connectivity index (χ1v) is 7.77. The van der Waals surface area contributed by atoms with Crippen LogP contribution >= 0.6 is 0 Å². The summed E-state index contributed by atoms with van der Waals surface area (Å²) in [7, 11) is 0. The quantitative estimate of drug-likeness (QED) is 0.575. The SMILES string of the molecule is CCc1c(-c2ccc(C(C)=O)cc2)[nH]c2ncc3cccn3c12. The number of nitrogens with zero attached hydrogens (tertiary/aromatic N) is 2. The number of H-pyrrole nitrogens is 1. The lowest BCUT2D eigenvalue weighted by atomic mass is 10.0. The number of nitrogens with one attached hydrogen (secondary N) is 1. The number of aromatic amines is 1. The van der Waals surface area contributed by atoms with Crippen LogP contribution in [0.25, 0.3) is 27.9 Å². The van der Waals surface area contributed by atoms with Gasteiger partial charge in [-0.25, -0.2) is 4.98 Å². The highest BCUT2D eigenvalue weighted by Crippen LogP contribution is 2.30. The first kappa shape index (κ1) is 13.8. The molecule has 0 saturated heterocycles. The van der Waals surface area contributed by atoms with Gasteiger partial charge in [0, 0.05) is 17.3 Å². The topological polar surface area (TPSA) is 50.2 Å². The Morgan fingerprint density at radius 2 is 2.00 bits per heavy atom. The molecule has 4 heteroatoms. The van der Waals surface area contributed by atoms with Crippen LogP contribution in [0.1, 0.15) is 29.8 Å². The first-order chi connectivity index (χ1) is 11.2. The molecule has 0 spiro atoms. The van der Waals surface area contributed by atoms with Gasteiger partial charge in [-0.2, -0.15) is 0 Å². The Hall–Kier alpha value is -2.88. The highest BCUT2D eigenvalue weighted by Gasteiger charge is 2.15. The van der Waals surface area contributed by atoms with E-state index in [2.05, 4.69) is 33.6 Å². The van der Waals surface area contributed by atoms with Crippen molar-refractivity contribution in [2.45, 2.75) is 20.3 Å². The summed E-state index contributed by atoms with van der Waals surface area (Å²) in [5.74, 6) is 0.0830. The maximum atomic E-state index is 11.5. The summed E-state index contributed by atoms with van der Waals surface area (Å²) in [5.41, 5.74) is 7.22. The molecule has 0 amide bonds. The number of aryl methyl sites for hydroxylation is 1. The molecule has 0 unspecified atom stereocenters. The van der Waals surface area contributed by atoms with Crippen LogP contribution in [0.3, 0.4) is 0 Å². The second-order valence-corrected chi connectivity index (χ2v) is 5.72. The molecule has 3 aromatic heterocycles. The molecule has 3 heterocycles. The summed E-state index contributed by atoms with van der Waals surface area (Å²) in [6.07, 6.45) is 4.85. The van der Waals surface area contributed by atoms with Crippen LogP contribution in [-0.4, -0.2) is 20.2 Å². The number of benzene rings is 1. The summed E-state index contributed by atoms with van der Waals surface area (Å²) >= 11 is 0. The van der Waals surface area contributed by atoms with E-state index in [1.165, 1.54) is 5.56 Å². The number of aromatic nitrogens is 3. The first-order valence-electron chi connectivity index (χ1n) is 7.77. The molecule has 0 atom stereocenters. The van der Waals surface area contributed by atoms with Crippen LogP contribution in [0.15, 0.2) is 48.8 Å². The Morgan fingerprint density at radius 3 is 2.70 bits per heavy atom. The highest BCUT2D eigenvalue weighted by molar-refractivity contribution is 5.95. The Morgan fingerprint density at radius 1 is 1.22 bits per heavy atom. The van der Waals surface area contributed by atoms with Crippen molar-refractivity contribution in [3.8, 4) is 11.3 Å². The van der Waals surface area contributed by atoms with Crippen molar-refractivity contribution in [1.82, 2.24) is 14.4 Å². The Balaban J connectivity index is 1.97. The van der Waals surface area contributed by atoms with Gasteiger partial charge in [0.1, 0.15) is 0 Å². The summed E-state index contributed by atoms with van der Waals surface area (Å²) in [6, 6.07) is 11.8. The molecule has 0 aliphatic rings. The van der Waals surface area contributed by atoms with Crippen molar-refractivity contribution in [1.29, 1.82) is 0 Å². The lowest BCUT2D eigenvalue weighted by Crippen LogP contribution is -1.92. The standard InChI is InChI=1S/C19H17N3O/c1-3-16-17(14-8-6-13(7-9-14)12(2)23)21-19-18(16)22-10-4-5-15(22)11-20-19/h4-11,21H,3H2,1-2H3. The molecular weight excluding hydrogens is 286 g/mol. The predicted molar refractivity (Wildman–Crippen MR) is 91.9 cm³/mol. The monoisotopic (exact) mass is 303 g/mol. The number of hydrogen-bond acceptors (Lipinski definition) is 2. The molecule has 114 valence electrons. The fraction of sp³-hybridized carbons (Fsp3) is 0.158. The number of ketones is 1. The van der Waals surface area contributed by atoms with E-state index in [1.54, 1.807) is 6.92 Å². The molecule has 0 aliphatic heterocycles. The molecule has 0 fully saturated rings. The largest absolute Gasteiger partial charge is 0.338 e. The maximum absolute atomic E-state index is 11.5. The molecule has 1 N–H and O–H groups in total. The van der Waals surface area contributed by atoms with E-state index >= 15 is 0 Å². The van der Waals surface area contributed by atoms with Crippen molar-refractivity contribution in [2.75, 3.05) is 0 Å². The van der Waals surface area contributed by atoms with E-state index in [9.17, 15) is 4.79 Å². The van der Waals surface area contributed by atoms with Gasteiger partial charge in [-0.15, -0.1) is 0 Å². The number of carbonyl (C=O) groups is 1. The minimum atomic E-state index is 0.0830. The Bertz CT molecular complexity index is 1020. The van der Waals surface area contributed by atoms with Crippen molar-refractivity contribution in [3.05, 3.63) is 59.9 Å². The predicted octanol–water partition coefficient (Wildman–Crippen LogP) is 4.25. The van der Waals surface area contributed by atoms with Gasteiger partial charge in [0.15, 0.2) is 11.4 Å². The number of rotatable bonds is 3. The average molecular weight is 303 g/mol. The minimum absolute atomic E-state index is 0.0830. The summed E-state index contributed by atoms with van der Waals surface area (Å²) < 4.78 is 2.17. The third kappa shape index (κ3) is 2.06. The molecule has 0 saturated carbocycles. The normalized spacial score (nSPS) is 11.4. The zero-order chi connectivity index (χ0) is 16.0. The third-order valence-corrected chi connectivity index (χ3v) is 4.34. The molecule has 4 rings (SSSR count). The zero-order valence-corrected chi connectivity index (χ0v) is 13.1. The van der Waals surface area contributed by atoms with Gasteiger partial charge in [0.05, 0.1) is 22.9 Å². The fourth-order valence-corrected chi connectivity index (χ4v) is 3.16. The third-order valence-electron chi connectivity index (χ3n) is 4.34. The molecule has 0 bridgehead atoms. The molecular formula is C19H17N3O. The molecule has 1 aromatic carbocycles. The zero-order valence-electron chi connectivity index (χ0n) is 13.1. The van der Waals surface area contributed by atoms with Gasteiger partial charge in [0.25, 0.3) is 0 Å². The second kappa shape index (κ2) is 5.09. The lowest BCUT2D eigenvalue weighted by molar-refractivity contribution is 0.101. The van der Waals surface area contributed by atoms with Gasteiger partial charge >= 0.3 is 0 Å². The second-order valence-electron chi connectivity index (χ2n) is 5.72. The van der Waals surface area contributed by atoms with Crippen LogP contribution < -0.4 is 0 Å². The van der Waals surface area contributed by atoms with Crippen LogP contribution in [-0.2, 0) is 6.42 Å². The average Bonchev–Trinajstić information content (AvgIpc) is 3.18. The van der Waals surface area contributed by atoms with Crippen molar-refractivity contribution in [3.63, 3.8) is 0 Å². The van der Waals surface area contributed by atoms with Crippen molar-refractivity contribution < 1.29 is 4.79 Å². The molecule has 4 aromatic rings. The number of hydrogen-bond donors (Lipinski definition) is 1. The lowest BCUT2D eigenvalue weighted by Gasteiger charge is -2.04. The number of fused-ring (bicyclic) bond motifs is 3. The molecule has 0 radical (unpaired) electrons. The van der Waals surface area contributed by atoms with E-state index in [4.69, 9.17) is 0 Å². The van der Waals surface area contributed by atoms with Gasteiger partial charge in [0.2, 0.25) is 0 Å². The molecule has 4 nitrogen and oxygen atoms in total. The van der Waals surface area contributed by atoms with E-state index in [0.717, 1.165) is 39.9 Å². The minimum Gasteiger partial charge on any atom is -0.338 e. The van der Waals surface area contributed by atoms with Gasteiger partial charge in [-0.1, -0.05) is 31.2 Å². The Labute approximate surface area is 133 Å². The van der Waals surface area contributed by atoms with E-state index < -0.39 is 0 Å². The highest BCUT2D eigenvalue weighted by atomic mass is 16.1. The van der Waals surface area contributed by atoms with Crippen molar-refractivity contribution in [2.24, 2.45) is 0 Å². The number of carbonyl (C=O) groups excluding carboxylic acids is 1. The molecule has 0 aliphatic carbocycles. The summed E-state index contributed by atoms with van der Waals surface area (Å²) in [6.45, 7) is 3.74. The van der Waals surface area contributed by atoms with Crippen LogP contribution in [0, 0.1) is 0 Å². The van der Waals surface area contributed by atoms with E-state index in [1.807, 2.05) is 36.5 Å². The number of Topliss-reactive ketones (excluding diaryl/α,β-unsaturated/α-hetero) is 1. The van der Waals surface area contributed by atoms with Crippen LogP contribution in [0.4, 0.5) is 0 Å². The van der Waals surface area contributed by atoms with Crippen molar-refractivity contribution >= 4 is 22.5 Å². The summed E-state index contributed by atoms with van der Waals surface area (Å²) in [4.78, 5) is 19.4. The summed E-state index contributed by atoms with van der Waals surface area (Å²) in [5, 5.41) is 0. The Kier molecular flexibility index (Phi) is 3.05. The fourth-order valence-electron chi connectivity index (χ4n) is 3.16. The van der Waals surface area contributed by atoms with Gasteiger partial charge in [-0.05, 0) is 31.0 Å². The van der Waals surface area contributed by atoms with E-state index in [-0.39, 0.29) is 5.78 Å². The smallest absolute Gasteiger partial charge is 0.159 e.